The van der Waals surface area contributed by atoms with E-state index in [2.05, 4.69) is 10.3 Å². The van der Waals surface area contributed by atoms with E-state index >= 15 is 0 Å². The van der Waals surface area contributed by atoms with E-state index in [0.29, 0.717) is 22.6 Å². The van der Waals surface area contributed by atoms with Crippen LogP contribution < -0.4 is 5.32 Å². The van der Waals surface area contributed by atoms with Gasteiger partial charge in [0.1, 0.15) is 11.5 Å². The van der Waals surface area contributed by atoms with Gasteiger partial charge in [-0.1, -0.05) is 11.6 Å². The van der Waals surface area contributed by atoms with E-state index in [0.717, 1.165) is 18.4 Å². The number of carbonyl (C=O) groups excluding carboxylic acids is 1. The summed E-state index contributed by atoms with van der Waals surface area (Å²) in [6, 6.07) is 6.06. The SMILES string of the molecule is O=C(Nc1cn2cc(-c3c(Cl)cc(F)cc3CO)ccc2n1)C1CC1. The molecule has 0 unspecified atom stereocenters. The predicted molar refractivity (Wildman–Crippen MR) is 92.9 cm³/mol. The lowest BCUT2D eigenvalue weighted by Gasteiger charge is -2.11. The number of pyridine rings is 1. The zero-order valence-corrected chi connectivity index (χ0v) is 13.9. The van der Waals surface area contributed by atoms with Gasteiger partial charge in [-0.2, -0.15) is 0 Å². The van der Waals surface area contributed by atoms with Crippen LogP contribution in [0.4, 0.5) is 10.2 Å². The molecule has 0 bridgehead atoms. The molecule has 7 heteroatoms. The number of benzene rings is 1. The minimum Gasteiger partial charge on any atom is -0.392 e. The zero-order valence-electron chi connectivity index (χ0n) is 13.2. The summed E-state index contributed by atoms with van der Waals surface area (Å²) < 4.78 is 15.3. The molecule has 1 saturated carbocycles. The molecule has 128 valence electrons. The Labute approximate surface area is 148 Å². The standard InChI is InChI=1S/C18H15ClFN3O2/c19-14-6-13(20)5-12(9-24)17(14)11-3-4-16-21-15(8-23(16)7-11)22-18(25)10-1-2-10/h3-8,10,24H,1-2,9H2,(H,22,25). The van der Waals surface area contributed by atoms with Crippen molar-refractivity contribution in [2.45, 2.75) is 19.4 Å². The number of fused-ring (bicyclic) bond motifs is 1. The molecular formula is C18H15ClFN3O2. The van der Waals surface area contributed by atoms with Crippen LogP contribution >= 0.6 is 11.6 Å². The molecule has 4 rings (SSSR count). The van der Waals surface area contributed by atoms with Gasteiger partial charge in [0, 0.05) is 23.2 Å². The van der Waals surface area contributed by atoms with Gasteiger partial charge in [-0.15, -0.1) is 0 Å². The Morgan fingerprint density at radius 2 is 2.16 bits per heavy atom. The third-order valence-electron chi connectivity index (χ3n) is 4.25. The summed E-state index contributed by atoms with van der Waals surface area (Å²) in [5, 5.41) is 12.5. The highest BCUT2D eigenvalue weighted by Gasteiger charge is 2.30. The van der Waals surface area contributed by atoms with Crippen LogP contribution in [-0.2, 0) is 11.4 Å². The number of nitrogens with one attached hydrogen (secondary N) is 1. The molecule has 1 aliphatic carbocycles. The average molecular weight is 360 g/mol. The van der Waals surface area contributed by atoms with Gasteiger partial charge >= 0.3 is 0 Å². The normalized spacial score (nSPS) is 14.0. The molecule has 0 spiro atoms. The molecule has 25 heavy (non-hydrogen) atoms. The molecule has 0 atom stereocenters. The highest BCUT2D eigenvalue weighted by Crippen LogP contribution is 2.33. The Hall–Kier alpha value is -2.44. The largest absolute Gasteiger partial charge is 0.392 e. The molecule has 1 aromatic carbocycles. The van der Waals surface area contributed by atoms with Gasteiger partial charge in [-0.05, 0) is 42.7 Å². The van der Waals surface area contributed by atoms with E-state index in [4.69, 9.17) is 11.6 Å². The first-order valence-electron chi connectivity index (χ1n) is 7.94. The Bertz CT molecular complexity index is 982. The van der Waals surface area contributed by atoms with E-state index in [1.807, 2.05) is 0 Å². The van der Waals surface area contributed by atoms with Crippen LogP contribution in [0.1, 0.15) is 18.4 Å². The van der Waals surface area contributed by atoms with Crippen LogP contribution in [0.3, 0.4) is 0 Å². The fourth-order valence-corrected chi connectivity index (χ4v) is 3.18. The maximum Gasteiger partial charge on any atom is 0.228 e. The topological polar surface area (TPSA) is 66.6 Å². The minimum absolute atomic E-state index is 0.00669. The fraction of sp³-hybridized carbons (Fsp3) is 0.222. The molecule has 3 aromatic rings. The smallest absolute Gasteiger partial charge is 0.228 e. The summed E-state index contributed by atoms with van der Waals surface area (Å²) in [4.78, 5) is 16.2. The maximum atomic E-state index is 13.5. The molecule has 1 aliphatic rings. The van der Waals surface area contributed by atoms with E-state index in [9.17, 15) is 14.3 Å². The van der Waals surface area contributed by atoms with Crippen LogP contribution in [0, 0.1) is 11.7 Å². The van der Waals surface area contributed by atoms with Crippen LogP contribution in [-0.4, -0.2) is 20.4 Å². The Kier molecular flexibility index (Phi) is 3.94. The first kappa shape index (κ1) is 16.1. The van der Waals surface area contributed by atoms with E-state index < -0.39 is 5.82 Å². The van der Waals surface area contributed by atoms with Crippen LogP contribution in [0.25, 0.3) is 16.8 Å². The minimum atomic E-state index is -0.494. The molecule has 0 saturated heterocycles. The number of aliphatic hydroxyl groups excluding tert-OH is 1. The van der Waals surface area contributed by atoms with E-state index in [-0.39, 0.29) is 23.5 Å². The zero-order chi connectivity index (χ0) is 17.6. The van der Waals surface area contributed by atoms with Crippen molar-refractivity contribution >= 4 is 29.0 Å². The number of halogens is 2. The van der Waals surface area contributed by atoms with Crippen LogP contribution in [0.2, 0.25) is 5.02 Å². The lowest BCUT2D eigenvalue weighted by atomic mass is 10.0. The molecule has 0 radical (unpaired) electrons. The number of rotatable bonds is 4. The maximum absolute atomic E-state index is 13.5. The number of hydrogen-bond donors (Lipinski definition) is 2. The second kappa shape index (κ2) is 6.13. The number of aliphatic hydroxyl groups is 1. The molecule has 2 heterocycles. The molecule has 2 aromatic heterocycles. The molecular weight excluding hydrogens is 345 g/mol. The van der Waals surface area contributed by atoms with Crippen molar-refractivity contribution in [3.05, 3.63) is 53.1 Å². The first-order valence-corrected chi connectivity index (χ1v) is 8.31. The molecule has 1 amide bonds. The van der Waals surface area contributed by atoms with Gasteiger partial charge in [0.15, 0.2) is 5.82 Å². The number of hydrogen-bond acceptors (Lipinski definition) is 3. The highest BCUT2D eigenvalue weighted by molar-refractivity contribution is 6.33. The molecule has 2 N–H and O–H groups in total. The molecule has 1 fully saturated rings. The summed E-state index contributed by atoms with van der Waals surface area (Å²) in [7, 11) is 0. The third-order valence-corrected chi connectivity index (χ3v) is 4.54. The number of aromatic nitrogens is 2. The molecule has 0 aliphatic heterocycles. The third kappa shape index (κ3) is 3.10. The lowest BCUT2D eigenvalue weighted by Crippen LogP contribution is -2.13. The van der Waals surface area contributed by atoms with Gasteiger partial charge in [0.25, 0.3) is 0 Å². The summed E-state index contributed by atoms with van der Waals surface area (Å²) in [6.07, 6.45) is 5.36. The summed E-state index contributed by atoms with van der Waals surface area (Å²) in [5.41, 5.74) is 2.37. The van der Waals surface area contributed by atoms with Gasteiger partial charge in [-0.3, -0.25) is 4.79 Å². The van der Waals surface area contributed by atoms with Crippen LogP contribution in [0.5, 0.6) is 0 Å². The number of imidazole rings is 1. The Morgan fingerprint density at radius 1 is 1.36 bits per heavy atom. The van der Waals surface area contributed by atoms with Crippen molar-refractivity contribution in [1.82, 2.24) is 9.38 Å². The Balaban J connectivity index is 1.73. The first-order chi connectivity index (χ1) is 12.0. The van der Waals surface area contributed by atoms with Gasteiger partial charge in [0.05, 0.1) is 17.8 Å². The number of anilines is 1. The number of nitrogens with zero attached hydrogens (tertiary/aromatic N) is 2. The summed E-state index contributed by atoms with van der Waals surface area (Å²) in [5.74, 6) is 0.0894. The lowest BCUT2D eigenvalue weighted by molar-refractivity contribution is -0.117. The van der Waals surface area contributed by atoms with E-state index in [1.54, 1.807) is 28.9 Å². The second-order valence-corrected chi connectivity index (χ2v) is 6.56. The number of carbonyl (C=O) groups is 1. The van der Waals surface area contributed by atoms with Crippen molar-refractivity contribution < 1.29 is 14.3 Å². The van der Waals surface area contributed by atoms with Crippen molar-refractivity contribution in [2.24, 2.45) is 5.92 Å². The Morgan fingerprint density at radius 3 is 2.88 bits per heavy atom. The quantitative estimate of drug-likeness (QED) is 0.747. The van der Waals surface area contributed by atoms with Crippen LogP contribution in [0.15, 0.2) is 36.7 Å². The van der Waals surface area contributed by atoms with Crippen molar-refractivity contribution in [1.29, 1.82) is 0 Å². The highest BCUT2D eigenvalue weighted by atomic mass is 35.5. The van der Waals surface area contributed by atoms with Crippen molar-refractivity contribution in [3.63, 3.8) is 0 Å². The predicted octanol–water partition coefficient (Wildman–Crippen LogP) is 3.63. The van der Waals surface area contributed by atoms with E-state index in [1.165, 1.54) is 12.1 Å². The second-order valence-electron chi connectivity index (χ2n) is 6.15. The number of amides is 1. The average Bonchev–Trinajstić information content (AvgIpc) is 3.34. The summed E-state index contributed by atoms with van der Waals surface area (Å²) >= 11 is 6.18. The molecule has 5 nitrogen and oxygen atoms in total. The van der Waals surface area contributed by atoms with Gasteiger partial charge < -0.3 is 14.8 Å². The fourth-order valence-electron chi connectivity index (χ4n) is 2.85. The van der Waals surface area contributed by atoms with Gasteiger partial charge in [-0.25, -0.2) is 9.37 Å². The van der Waals surface area contributed by atoms with Crippen molar-refractivity contribution in [3.8, 4) is 11.1 Å². The van der Waals surface area contributed by atoms with Gasteiger partial charge in [0.2, 0.25) is 5.91 Å². The van der Waals surface area contributed by atoms with Crippen molar-refractivity contribution in [2.75, 3.05) is 5.32 Å². The summed E-state index contributed by atoms with van der Waals surface area (Å²) in [6.45, 7) is -0.322. The monoisotopic (exact) mass is 359 g/mol.